The Morgan fingerprint density at radius 3 is 2.31 bits per heavy atom. The molecule has 0 bridgehead atoms. The van der Waals surface area contributed by atoms with Gasteiger partial charge in [0.25, 0.3) is 5.91 Å². The van der Waals surface area contributed by atoms with Crippen LogP contribution in [0.4, 0.5) is 13.2 Å². The number of nitrogens with one attached hydrogen (secondary N) is 1. The Bertz CT molecular complexity index is 1080. The number of imidazole rings is 1. The molecule has 0 atom stereocenters. The van der Waals surface area contributed by atoms with Gasteiger partial charge in [-0.3, -0.25) is 14.8 Å². The summed E-state index contributed by atoms with van der Waals surface area (Å²) in [6.45, 7) is 1.46. The second-order valence-electron chi connectivity index (χ2n) is 7.33. The zero-order valence-corrected chi connectivity index (χ0v) is 18.5. The summed E-state index contributed by atoms with van der Waals surface area (Å²) in [6, 6.07) is 11.8. The van der Waals surface area contributed by atoms with Crippen LogP contribution in [-0.2, 0) is 6.18 Å². The molecule has 5 nitrogen and oxygen atoms in total. The highest BCUT2D eigenvalue weighted by atomic mass is 35.5. The summed E-state index contributed by atoms with van der Waals surface area (Å²) in [5, 5.41) is 2.31. The van der Waals surface area contributed by atoms with E-state index in [0.29, 0.717) is 10.7 Å². The normalized spacial score (nSPS) is 14.6. The number of rotatable bonds is 4. The number of alkyl halides is 3. The first-order valence-electron chi connectivity index (χ1n) is 9.91. The van der Waals surface area contributed by atoms with E-state index in [0.717, 1.165) is 38.4 Å². The fourth-order valence-electron chi connectivity index (χ4n) is 3.61. The first-order valence-corrected chi connectivity index (χ1v) is 10.3. The minimum absolute atomic E-state index is 0. The molecule has 0 radical (unpaired) electrons. The summed E-state index contributed by atoms with van der Waals surface area (Å²) >= 11 is 5.96. The lowest BCUT2D eigenvalue weighted by atomic mass is 10.1. The highest BCUT2D eigenvalue weighted by Gasteiger charge is 2.35. The Morgan fingerprint density at radius 1 is 1.00 bits per heavy atom. The summed E-state index contributed by atoms with van der Waals surface area (Å²) in [7, 11) is 0. The monoisotopic (exact) mass is 484 g/mol. The predicted octanol–water partition coefficient (Wildman–Crippen LogP) is 5.76. The van der Waals surface area contributed by atoms with Crippen molar-refractivity contribution in [1.82, 2.24) is 20.0 Å². The third kappa shape index (κ3) is 5.26. The molecule has 4 rings (SSSR count). The van der Waals surface area contributed by atoms with Crippen LogP contribution >= 0.6 is 24.0 Å². The van der Waals surface area contributed by atoms with Crippen LogP contribution in [0, 0.1) is 0 Å². The van der Waals surface area contributed by atoms with Gasteiger partial charge in [0.2, 0.25) is 0 Å². The highest BCUT2D eigenvalue weighted by Crippen LogP contribution is 2.37. The predicted molar refractivity (Wildman–Crippen MR) is 119 cm³/mol. The number of piperidine rings is 1. The standard InChI is InChI=1S/C22H20ClF3N4O.ClH/c23-15-8-10-16(11-9-15)30-14-19(21(31)28-29-12-4-1-5-13-29)27-20(30)17-6-2-3-7-18(17)22(24,25)26;/h2-3,6-11,14H,1,4-5,12-13H2,(H,28,31);1H. The maximum absolute atomic E-state index is 13.7. The van der Waals surface area contributed by atoms with Crippen LogP contribution in [0.25, 0.3) is 17.1 Å². The number of amides is 1. The zero-order chi connectivity index (χ0) is 22.0. The van der Waals surface area contributed by atoms with Crippen LogP contribution < -0.4 is 5.43 Å². The molecule has 0 spiro atoms. The SMILES string of the molecule is Cl.O=C(NN1CCCCC1)c1cn(-c2ccc(Cl)cc2)c(-c2ccccc2C(F)(F)F)n1. The quantitative estimate of drug-likeness (QED) is 0.511. The largest absolute Gasteiger partial charge is 0.417 e. The lowest BCUT2D eigenvalue weighted by Gasteiger charge is -2.26. The molecular formula is C22H21Cl2F3N4O. The molecule has 2 aromatic carbocycles. The van der Waals surface area contributed by atoms with Crippen molar-refractivity contribution < 1.29 is 18.0 Å². The van der Waals surface area contributed by atoms with Crippen molar-refractivity contribution in [3.63, 3.8) is 0 Å². The van der Waals surface area contributed by atoms with E-state index < -0.39 is 17.6 Å². The molecule has 2 heterocycles. The van der Waals surface area contributed by atoms with Gasteiger partial charge >= 0.3 is 6.18 Å². The Balaban J connectivity index is 0.00000289. The summed E-state index contributed by atoms with van der Waals surface area (Å²) in [6.07, 6.45) is -0.0576. The second kappa shape index (κ2) is 9.94. The van der Waals surface area contributed by atoms with Crippen molar-refractivity contribution in [3.05, 3.63) is 71.0 Å². The number of aromatic nitrogens is 2. The van der Waals surface area contributed by atoms with Gasteiger partial charge in [0.05, 0.1) is 5.56 Å². The lowest BCUT2D eigenvalue weighted by Crippen LogP contribution is -2.45. The van der Waals surface area contributed by atoms with E-state index in [2.05, 4.69) is 10.4 Å². The number of hydrogen-bond acceptors (Lipinski definition) is 3. The summed E-state index contributed by atoms with van der Waals surface area (Å²) in [5.41, 5.74) is 2.46. The molecule has 1 N–H and O–H groups in total. The average Bonchev–Trinajstić information content (AvgIpc) is 3.20. The molecule has 1 aliphatic rings. The molecule has 170 valence electrons. The first kappa shape index (κ1) is 24.1. The van der Waals surface area contributed by atoms with E-state index in [4.69, 9.17) is 11.6 Å². The number of halogens is 5. The van der Waals surface area contributed by atoms with Crippen molar-refractivity contribution in [2.75, 3.05) is 13.1 Å². The Morgan fingerprint density at radius 2 is 1.66 bits per heavy atom. The Labute approximate surface area is 194 Å². The number of carbonyl (C=O) groups excluding carboxylic acids is 1. The van der Waals surface area contributed by atoms with Crippen molar-refractivity contribution in [2.45, 2.75) is 25.4 Å². The fraction of sp³-hybridized carbons (Fsp3) is 0.273. The van der Waals surface area contributed by atoms with Gasteiger partial charge in [-0.1, -0.05) is 36.2 Å². The van der Waals surface area contributed by atoms with E-state index in [1.807, 2.05) is 5.01 Å². The van der Waals surface area contributed by atoms with E-state index in [1.54, 1.807) is 24.3 Å². The van der Waals surface area contributed by atoms with Crippen LogP contribution in [0.2, 0.25) is 5.02 Å². The van der Waals surface area contributed by atoms with Crippen LogP contribution in [0.3, 0.4) is 0 Å². The third-order valence-electron chi connectivity index (χ3n) is 5.13. The van der Waals surface area contributed by atoms with Gasteiger partial charge in [-0.2, -0.15) is 13.2 Å². The highest BCUT2D eigenvalue weighted by molar-refractivity contribution is 6.30. The minimum atomic E-state index is -4.57. The molecule has 0 saturated carbocycles. The summed E-state index contributed by atoms with van der Waals surface area (Å²) < 4.78 is 42.4. The van der Waals surface area contributed by atoms with Gasteiger partial charge in [-0.25, -0.2) is 9.99 Å². The molecule has 1 amide bonds. The fourth-order valence-corrected chi connectivity index (χ4v) is 3.74. The molecule has 0 unspecified atom stereocenters. The molecule has 1 saturated heterocycles. The summed E-state index contributed by atoms with van der Waals surface area (Å²) in [4.78, 5) is 17.1. The van der Waals surface area contributed by atoms with E-state index in [1.165, 1.54) is 29.0 Å². The Kier molecular flexibility index (Phi) is 7.48. The topological polar surface area (TPSA) is 50.2 Å². The van der Waals surface area contributed by atoms with Gasteiger partial charge in [0.15, 0.2) is 0 Å². The van der Waals surface area contributed by atoms with E-state index in [9.17, 15) is 18.0 Å². The van der Waals surface area contributed by atoms with Crippen LogP contribution in [0.15, 0.2) is 54.7 Å². The van der Waals surface area contributed by atoms with Gasteiger partial charge < -0.3 is 0 Å². The third-order valence-corrected chi connectivity index (χ3v) is 5.38. The smallest absolute Gasteiger partial charge is 0.299 e. The lowest BCUT2D eigenvalue weighted by molar-refractivity contribution is -0.137. The molecule has 1 aromatic heterocycles. The van der Waals surface area contributed by atoms with E-state index in [-0.39, 0.29) is 29.5 Å². The number of benzene rings is 2. The number of nitrogens with zero attached hydrogens (tertiary/aromatic N) is 3. The van der Waals surface area contributed by atoms with Gasteiger partial charge in [0, 0.05) is 35.6 Å². The second-order valence-corrected chi connectivity index (χ2v) is 7.76. The van der Waals surface area contributed by atoms with Crippen LogP contribution in [0.1, 0.15) is 35.3 Å². The van der Waals surface area contributed by atoms with Crippen molar-refractivity contribution in [2.24, 2.45) is 0 Å². The molecule has 0 aliphatic carbocycles. The number of carbonyl (C=O) groups is 1. The van der Waals surface area contributed by atoms with Crippen molar-refractivity contribution in [3.8, 4) is 17.1 Å². The molecule has 32 heavy (non-hydrogen) atoms. The molecule has 1 fully saturated rings. The molecule has 3 aromatic rings. The van der Waals surface area contributed by atoms with Gasteiger partial charge in [-0.05, 0) is 43.2 Å². The number of hydrogen-bond donors (Lipinski definition) is 1. The molecule has 10 heteroatoms. The summed E-state index contributed by atoms with van der Waals surface area (Å²) in [5.74, 6) is -0.431. The van der Waals surface area contributed by atoms with Gasteiger partial charge in [-0.15, -0.1) is 12.4 Å². The number of hydrazine groups is 1. The first-order chi connectivity index (χ1) is 14.8. The molecule has 1 aliphatic heterocycles. The van der Waals surface area contributed by atoms with Crippen LogP contribution in [0.5, 0.6) is 0 Å². The van der Waals surface area contributed by atoms with Crippen LogP contribution in [-0.4, -0.2) is 33.6 Å². The minimum Gasteiger partial charge on any atom is -0.299 e. The average molecular weight is 485 g/mol. The zero-order valence-electron chi connectivity index (χ0n) is 16.9. The van der Waals surface area contributed by atoms with Crippen molar-refractivity contribution >= 4 is 29.9 Å². The molecular weight excluding hydrogens is 464 g/mol. The maximum Gasteiger partial charge on any atom is 0.417 e. The maximum atomic E-state index is 13.7. The van der Waals surface area contributed by atoms with Gasteiger partial charge in [0.1, 0.15) is 11.5 Å². The Hall–Kier alpha value is -2.55. The van der Waals surface area contributed by atoms with E-state index >= 15 is 0 Å². The van der Waals surface area contributed by atoms with Crippen molar-refractivity contribution in [1.29, 1.82) is 0 Å².